The molecule has 5 heteroatoms. The Morgan fingerprint density at radius 2 is 1.73 bits per heavy atom. The molecule has 3 aromatic rings. The Kier molecular flexibility index (Phi) is 5.88. The summed E-state index contributed by atoms with van der Waals surface area (Å²) in [6, 6.07) is 15.3. The standard InChI is InChI=1S/C25H26FNO3/c1-16-22(15-23(30-16)17-7-11-20(26)12-8-17)24(18-5-3-2-4-6-18)27-21-13-9-19(10-14-21)25(28)29/h7-15,18,24,27H,2-6H2,1H3,(H,28,29). The maximum Gasteiger partial charge on any atom is 0.335 e. The highest BCUT2D eigenvalue weighted by Crippen LogP contribution is 2.40. The van der Waals surface area contributed by atoms with E-state index in [9.17, 15) is 9.18 Å². The second-order valence-electron chi connectivity index (χ2n) is 8.03. The number of aromatic carboxylic acids is 1. The van der Waals surface area contributed by atoms with Gasteiger partial charge in [0, 0.05) is 16.8 Å². The van der Waals surface area contributed by atoms with Gasteiger partial charge >= 0.3 is 5.97 Å². The third kappa shape index (κ3) is 4.40. The van der Waals surface area contributed by atoms with E-state index in [1.807, 2.05) is 19.1 Å². The van der Waals surface area contributed by atoms with Crippen molar-refractivity contribution >= 4 is 11.7 Å². The zero-order valence-corrected chi connectivity index (χ0v) is 17.0. The normalized spacial score (nSPS) is 15.7. The van der Waals surface area contributed by atoms with Gasteiger partial charge in [0.15, 0.2) is 0 Å². The fraction of sp³-hybridized carbons (Fsp3) is 0.320. The van der Waals surface area contributed by atoms with Crippen LogP contribution in [0.1, 0.15) is 59.8 Å². The number of carboxylic acids is 1. The molecule has 1 fully saturated rings. The second-order valence-corrected chi connectivity index (χ2v) is 8.03. The third-order valence-electron chi connectivity index (χ3n) is 6.00. The molecule has 1 heterocycles. The summed E-state index contributed by atoms with van der Waals surface area (Å²) in [5.41, 5.74) is 3.11. The van der Waals surface area contributed by atoms with E-state index in [4.69, 9.17) is 9.52 Å². The summed E-state index contributed by atoms with van der Waals surface area (Å²) in [4.78, 5) is 11.2. The summed E-state index contributed by atoms with van der Waals surface area (Å²) in [6.45, 7) is 1.97. The second kappa shape index (κ2) is 8.74. The van der Waals surface area contributed by atoms with E-state index in [0.717, 1.165) is 41.2 Å². The minimum atomic E-state index is -0.931. The van der Waals surface area contributed by atoms with E-state index in [1.54, 1.807) is 24.3 Å². The molecule has 30 heavy (non-hydrogen) atoms. The topological polar surface area (TPSA) is 62.5 Å². The SMILES string of the molecule is Cc1oc(-c2ccc(F)cc2)cc1C(Nc1ccc(C(=O)O)cc1)C1CCCCC1. The number of rotatable bonds is 6. The highest BCUT2D eigenvalue weighted by atomic mass is 19.1. The first kappa shape index (κ1) is 20.2. The van der Waals surface area contributed by atoms with Crippen LogP contribution in [0.4, 0.5) is 10.1 Å². The van der Waals surface area contributed by atoms with Gasteiger partial charge in [-0.1, -0.05) is 19.3 Å². The zero-order chi connectivity index (χ0) is 21.1. The van der Waals surface area contributed by atoms with E-state index >= 15 is 0 Å². The molecule has 156 valence electrons. The Morgan fingerprint density at radius 3 is 2.37 bits per heavy atom. The number of carboxylic acid groups (broad SMARTS) is 1. The molecule has 0 aliphatic heterocycles. The molecule has 0 amide bonds. The number of halogens is 1. The number of aryl methyl sites for hydroxylation is 1. The van der Waals surface area contributed by atoms with Crippen LogP contribution in [0, 0.1) is 18.7 Å². The van der Waals surface area contributed by atoms with Gasteiger partial charge in [0.25, 0.3) is 0 Å². The summed E-state index contributed by atoms with van der Waals surface area (Å²) in [5.74, 6) is 0.843. The van der Waals surface area contributed by atoms with Crippen LogP contribution in [-0.2, 0) is 0 Å². The molecular weight excluding hydrogens is 381 g/mol. The number of nitrogens with one attached hydrogen (secondary N) is 1. The highest BCUT2D eigenvalue weighted by Gasteiger charge is 2.28. The summed E-state index contributed by atoms with van der Waals surface area (Å²) in [6.07, 6.45) is 5.97. The number of anilines is 1. The molecule has 0 radical (unpaired) electrons. The molecule has 1 aliphatic rings. The number of benzene rings is 2. The fourth-order valence-electron chi connectivity index (χ4n) is 4.37. The number of furan rings is 1. The molecule has 0 bridgehead atoms. The largest absolute Gasteiger partial charge is 0.478 e. The van der Waals surface area contributed by atoms with Crippen molar-refractivity contribution in [3.05, 3.63) is 77.3 Å². The maximum absolute atomic E-state index is 13.3. The van der Waals surface area contributed by atoms with E-state index in [2.05, 4.69) is 11.4 Å². The van der Waals surface area contributed by atoms with Crippen molar-refractivity contribution in [2.24, 2.45) is 5.92 Å². The minimum absolute atomic E-state index is 0.0685. The lowest BCUT2D eigenvalue weighted by Gasteiger charge is -2.31. The van der Waals surface area contributed by atoms with Gasteiger partial charge in [-0.05, 0) is 80.3 Å². The van der Waals surface area contributed by atoms with Crippen LogP contribution in [0.2, 0.25) is 0 Å². The first-order valence-electron chi connectivity index (χ1n) is 10.5. The van der Waals surface area contributed by atoms with Crippen LogP contribution < -0.4 is 5.32 Å². The van der Waals surface area contributed by atoms with Crippen LogP contribution in [-0.4, -0.2) is 11.1 Å². The van der Waals surface area contributed by atoms with Crippen LogP contribution in [0.5, 0.6) is 0 Å². The van der Waals surface area contributed by atoms with Gasteiger partial charge in [-0.15, -0.1) is 0 Å². The molecule has 1 atom stereocenters. The quantitative estimate of drug-likeness (QED) is 0.470. The van der Waals surface area contributed by atoms with Gasteiger partial charge in [0.05, 0.1) is 11.6 Å². The average Bonchev–Trinajstić information content (AvgIpc) is 3.14. The third-order valence-corrected chi connectivity index (χ3v) is 6.00. The molecule has 2 N–H and O–H groups in total. The van der Waals surface area contributed by atoms with E-state index in [0.29, 0.717) is 5.92 Å². The van der Waals surface area contributed by atoms with Crippen molar-refractivity contribution in [1.82, 2.24) is 0 Å². The lowest BCUT2D eigenvalue weighted by atomic mass is 9.81. The monoisotopic (exact) mass is 407 g/mol. The molecule has 1 unspecified atom stereocenters. The fourth-order valence-corrected chi connectivity index (χ4v) is 4.37. The Balaban J connectivity index is 1.65. The van der Waals surface area contributed by atoms with Crippen LogP contribution >= 0.6 is 0 Å². The van der Waals surface area contributed by atoms with Gasteiger partial charge in [0.1, 0.15) is 17.3 Å². The minimum Gasteiger partial charge on any atom is -0.478 e. The van der Waals surface area contributed by atoms with Crippen LogP contribution in [0.3, 0.4) is 0 Å². The van der Waals surface area contributed by atoms with Gasteiger partial charge in [-0.2, -0.15) is 0 Å². The predicted molar refractivity (Wildman–Crippen MR) is 115 cm³/mol. The maximum atomic E-state index is 13.3. The van der Waals surface area contributed by atoms with E-state index in [-0.39, 0.29) is 17.4 Å². The molecule has 2 aromatic carbocycles. The summed E-state index contributed by atoms with van der Waals surface area (Å²) >= 11 is 0. The Hall–Kier alpha value is -3.08. The molecule has 1 aliphatic carbocycles. The van der Waals surface area contributed by atoms with Gasteiger partial charge < -0.3 is 14.8 Å². The highest BCUT2D eigenvalue weighted by molar-refractivity contribution is 5.88. The molecule has 4 rings (SSSR count). The van der Waals surface area contributed by atoms with Gasteiger partial charge in [-0.25, -0.2) is 9.18 Å². The Labute approximate surface area is 175 Å². The first-order valence-corrected chi connectivity index (χ1v) is 10.5. The molecule has 1 aromatic heterocycles. The van der Waals surface area contributed by atoms with E-state index in [1.165, 1.54) is 31.4 Å². The van der Waals surface area contributed by atoms with Crippen molar-refractivity contribution in [1.29, 1.82) is 0 Å². The smallest absolute Gasteiger partial charge is 0.335 e. The molecular formula is C25H26FNO3. The van der Waals surface area contributed by atoms with Crippen LogP contribution in [0.15, 0.2) is 59.0 Å². The summed E-state index contributed by atoms with van der Waals surface area (Å²) < 4.78 is 19.4. The Morgan fingerprint density at radius 1 is 1.07 bits per heavy atom. The predicted octanol–water partition coefficient (Wildman–Crippen LogP) is 6.83. The number of hydrogen-bond donors (Lipinski definition) is 2. The van der Waals surface area contributed by atoms with E-state index < -0.39 is 5.97 Å². The van der Waals surface area contributed by atoms with Gasteiger partial charge in [-0.3, -0.25) is 0 Å². The number of carbonyl (C=O) groups is 1. The average molecular weight is 407 g/mol. The number of hydrogen-bond acceptors (Lipinski definition) is 3. The van der Waals surface area contributed by atoms with Crippen molar-refractivity contribution in [3.63, 3.8) is 0 Å². The van der Waals surface area contributed by atoms with Crippen molar-refractivity contribution < 1.29 is 18.7 Å². The van der Waals surface area contributed by atoms with Crippen molar-refractivity contribution in [2.75, 3.05) is 5.32 Å². The summed E-state index contributed by atoms with van der Waals surface area (Å²) in [7, 11) is 0. The molecule has 4 nitrogen and oxygen atoms in total. The van der Waals surface area contributed by atoms with Gasteiger partial charge in [0.2, 0.25) is 0 Å². The molecule has 0 saturated heterocycles. The van der Waals surface area contributed by atoms with Crippen molar-refractivity contribution in [2.45, 2.75) is 45.1 Å². The lowest BCUT2D eigenvalue weighted by molar-refractivity contribution is 0.0697. The Bertz CT molecular complexity index is 1000. The van der Waals surface area contributed by atoms with Crippen molar-refractivity contribution in [3.8, 4) is 11.3 Å². The first-order chi connectivity index (χ1) is 14.5. The molecule has 1 saturated carbocycles. The lowest BCUT2D eigenvalue weighted by Crippen LogP contribution is -2.23. The summed E-state index contributed by atoms with van der Waals surface area (Å²) in [5, 5.41) is 12.8. The van der Waals surface area contributed by atoms with Crippen LogP contribution in [0.25, 0.3) is 11.3 Å². The molecule has 0 spiro atoms. The zero-order valence-electron chi connectivity index (χ0n) is 17.0.